The van der Waals surface area contributed by atoms with Crippen molar-refractivity contribution < 1.29 is 13.2 Å². The van der Waals surface area contributed by atoms with Gasteiger partial charge in [-0.05, 0) is 23.6 Å². The normalized spacial score (nSPS) is 9.23. The second-order valence-electron chi connectivity index (χ2n) is 2.19. The van der Waals surface area contributed by atoms with Crippen LogP contribution in [0.15, 0.2) is 12.1 Å². The van der Waals surface area contributed by atoms with Crippen LogP contribution in [-0.4, -0.2) is 6.26 Å². The van der Waals surface area contributed by atoms with Crippen LogP contribution in [0.5, 0.6) is 0 Å². The number of thioether (sulfide) groups is 1. The summed E-state index contributed by atoms with van der Waals surface area (Å²) in [6.07, 6.45) is 1.73. The molecular formula is C9H5F3S. The fourth-order valence-corrected chi connectivity index (χ4v) is 0.958. The predicted molar refractivity (Wildman–Crippen MR) is 46.7 cm³/mol. The molecule has 0 amide bonds. The third kappa shape index (κ3) is 2.43. The molecular weight excluding hydrogens is 197 g/mol. The Morgan fingerprint density at radius 2 is 1.69 bits per heavy atom. The first-order chi connectivity index (χ1) is 6.15. The van der Waals surface area contributed by atoms with Crippen LogP contribution < -0.4 is 0 Å². The van der Waals surface area contributed by atoms with Crippen LogP contribution >= 0.6 is 11.8 Å². The molecule has 0 heterocycles. The second-order valence-corrected chi connectivity index (χ2v) is 2.80. The molecule has 0 aromatic heterocycles. The molecule has 1 aromatic rings. The van der Waals surface area contributed by atoms with Crippen molar-refractivity contribution >= 4 is 11.8 Å². The molecule has 0 fully saturated rings. The van der Waals surface area contributed by atoms with Crippen LogP contribution in [-0.2, 0) is 0 Å². The zero-order chi connectivity index (χ0) is 9.84. The Morgan fingerprint density at radius 1 is 1.15 bits per heavy atom. The molecule has 0 aliphatic heterocycles. The highest BCUT2D eigenvalue weighted by molar-refractivity contribution is 8.03. The lowest BCUT2D eigenvalue weighted by Crippen LogP contribution is -1.91. The third-order valence-electron chi connectivity index (χ3n) is 1.28. The lowest BCUT2D eigenvalue weighted by Gasteiger charge is -1.95. The second kappa shape index (κ2) is 4.24. The van der Waals surface area contributed by atoms with Gasteiger partial charge in [-0.2, -0.15) is 0 Å². The molecule has 0 saturated heterocycles. The largest absolute Gasteiger partial charge is 0.204 e. The Hall–Kier alpha value is -1.08. The summed E-state index contributed by atoms with van der Waals surface area (Å²) in [6, 6.07) is 1.73. The number of benzene rings is 1. The van der Waals surface area contributed by atoms with E-state index in [1.807, 2.05) is 0 Å². The number of rotatable bonds is 0. The van der Waals surface area contributed by atoms with Gasteiger partial charge in [0, 0.05) is 5.56 Å². The Kier molecular flexibility index (Phi) is 3.26. The van der Waals surface area contributed by atoms with Gasteiger partial charge in [-0.25, -0.2) is 13.2 Å². The van der Waals surface area contributed by atoms with Crippen molar-refractivity contribution in [1.82, 2.24) is 0 Å². The lowest BCUT2D eigenvalue weighted by atomic mass is 10.2. The van der Waals surface area contributed by atoms with Gasteiger partial charge in [0.25, 0.3) is 0 Å². The van der Waals surface area contributed by atoms with Crippen molar-refractivity contribution in [2.45, 2.75) is 0 Å². The third-order valence-corrected chi connectivity index (χ3v) is 1.59. The highest BCUT2D eigenvalue weighted by atomic mass is 32.2. The van der Waals surface area contributed by atoms with Gasteiger partial charge in [-0.1, -0.05) is 17.7 Å². The van der Waals surface area contributed by atoms with Crippen LogP contribution in [0.1, 0.15) is 5.56 Å². The highest BCUT2D eigenvalue weighted by Gasteiger charge is 2.08. The monoisotopic (exact) mass is 202 g/mol. The van der Waals surface area contributed by atoms with Crippen molar-refractivity contribution in [3.8, 4) is 11.2 Å². The van der Waals surface area contributed by atoms with Gasteiger partial charge in [-0.3, -0.25) is 0 Å². The van der Waals surface area contributed by atoms with Crippen LogP contribution in [0.25, 0.3) is 0 Å². The van der Waals surface area contributed by atoms with Crippen molar-refractivity contribution in [3.05, 3.63) is 35.1 Å². The van der Waals surface area contributed by atoms with E-state index >= 15 is 0 Å². The molecule has 68 valence electrons. The summed E-state index contributed by atoms with van der Waals surface area (Å²) < 4.78 is 37.6. The average molecular weight is 202 g/mol. The molecule has 0 unspecified atom stereocenters. The van der Waals surface area contributed by atoms with E-state index in [0.717, 1.165) is 12.1 Å². The van der Waals surface area contributed by atoms with Crippen molar-refractivity contribution in [3.63, 3.8) is 0 Å². The zero-order valence-corrected chi connectivity index (χ0v) is 7.51. The van der Waals surface area contributed by atoms with Gasteiger partial charge in [0.15, 0.2) is 17.5 Å². The molecule has 0 bridgehead atoms. The Morgan fingerprint density at radius 3 is 2.15 bits per heavy atom. The van der Waals surface area contributed by atoms with Gasteiger partial charge in [0.1, 0.15) is 0 Å². The van der Waals surface area contributed by atoms with Crippen LogP contribution in [0.4, 0.5) is 13.2 Å². The van der Waals surface area contributed by atoms with E-state index in [9.17, 15) is 13.2 Å². The lowest BCUT2D eigenvalue weighted by molar-refractivity contribution is 0.446. The molecule has 4 heteroatoms. The maximum absolute atomic E-state index is 12.6. The number of halogens is 3. The molecule has 0 aliphatic carbocycles. The quantitative estimate of drug-likeness (QED) is 0.460. The van der Waals surface area contributed by atoms with Crippen molar-refractivity contribution in [2.24, 2.45) is 0 Å². The van der Waals surface area contributed by atoms with Gasteiger partial charge in [0.2, 0.25) is 0 Å². The summed E-state index contributed by atoms with van der Waals surface area (Å²) in [5.74, 6) is -1.43. The summed E-state index contributed by atoms with van der Waals surface area (Å²) in [5.41, 5.74) is 0.130. The molecule has 0 N–H and O–H groups in total. The van der Waals surface area contributed by atoms with E-state index in [1.165, 1.54) is 11.8 Å². The van der Waals surface area contributed by atoms with E-state index in [4.69, 9.17) is 0 Å². The first-order valence-electron chi connectivity index (χ1n) is 3.33. The first-order valence-corrected chi connectivity index (χ1v) is 4.56. The van der Waals surface area contributed by atoms with Crippen molar-refractivity contribution in [1.29, 1.82) is 0 Å². The maximum Gasteiger partial charge on any atom is 0.194 e. The molecule has 1 rings (SSSR count). The van der Waals surface area contributed by atoms with Gasteiger partial charge < -0.3 is 0 Å². The molecule has 1 aromatic carbocycles. The highest BCUT2D eigenvalue weighted by Crippen LogP contribution is 2.12. The molecule has 0 atom stereocenters. The minimum absolute atomic E-state index is 0.130. The van der Waals surface area contributed by atoms with Gasteiger partial charge in [0.05, 0.1) is 0 Å². The van der Waals surface area contributed by atoms with E-state index in [1.54, 1.807) is 6.26 Å². The van der Waals surface area contributed by atoms with E-state index < -0.39 is 17.5 Å². The fourth-order valence-electron chi connectivity index (χ4n) is 0.738. The standard InChI is InChI=1S/C9H5F3S/c1-13-3-2-6-4-7(10)9(12)8(11)5-6/h4-5H,1H3. The van der Waals surface area contributed by atoms with Gasteiger partial charge in [-0.15, -0.1) is 0 Å². The van der Waals surface area contributed by atoms with Crippen molar-refractivity contribution in [2.75, 3.05) is 6.26 Å². The number of hydrogen-bond acceptors (Lipinski definition) is 1. The summed E-state index contributed by atoms with van der Waals surface area (Å²) in [4.78, 5) is 0. The zero-order valence-electron chi connectivity index (χ0n) is 6.70. The Bertz CT molecular complexity index is 353. The summed E-state index contributed by atoms with van der Waals surface area (Å²) >= 11 is 1.21. The average Bonchev–Trinajstić information content (AvgIpc) is 2.10. The SMILES string of the molecule is CSC#Cc1cc(F)c(F)c(F)c1. The molecule has 0 radical (unpaired) electrons. The minimum Gasteiger partial charge on any atom is -0.204 e. The smallest absolute Gasteiger partial charge is 0.194 e. The predicted octanol–water partition coefficient (Wildman–Crippen LogP) is 2.78. The summed E-state index contributed by atoms with van der Waals surface area (Å²) in [6.45, 7) is 0. The Labute approximate surface area is 78.1 Å². The first kappa shape index (κ1) is 10.0. The van der Waals surface area contributed by atoms with Crippen LogP contribution in [0.3, 0.4) is 0 Å². The molecule has 0 spiro atoms. The van der Waals surface area contributed by atoms with E-state index in [2.05, 4.69) is 11.2 Å². The van der Waals surface area contributed by atoms with E-state index in [-0.39, 0.29) is 5.56 Å². The minimum atomic E-state index is -1.46. The fraction of sp³-hybridized carbons (Fsp3) is 0.111. The topological polar surface area (TPSA) is 0 Å². The molecule has 0 saturated carbocycles. The van der Waals surface area contributed by atoms with Crippen LogP contribution in [0, 0.1) is 28.6 Å². The Balaban J connectivity index is 3.13. The maximum atomic E-state index is 12.6. The van der Waals surface area contributed by atoms with Crippen LogP contribution in [0.2, 0.25) is 0 Å². The molecule has 0 aliphatic rings. The number of hydrogen-bond donors (Lipinski definition) is 0. The molecule has 13 heavy (non-hydrogen) atoms. The summed E-state index contributed by atoms with van der Waals surface area (Å²) in [7, 11) is 0. The van der Waals surface area contributed by atoms with Gasteiger partial charge >= 0.3 is 0 Å². The summed E-state index contributed by atoms with van der Waals surface area (Å²) in [5, 5.41) is 2.55. The molecule has 0 nitrogen and oxygen atoms in total. The van der Waals surface area contributed by atoms with E-state index in [0.29, 0.717) is 0 Å².